The van der Waals surface area contributed by atoms with Crippen LogP contribution in [0.3, 0.4) is 0 Å². The van der Waals surface area contributed by atoms with Crippen molar-refractivity contribution < 1.29 is 0 Å². The van der Waals surface area contributed by atoms with Crippen molar-refractivity contribution in [2.24, 2.45) is 0 Å². The SMILES string of the molecule is Cc1cn(S)nc1Cl. The number of halogens is 1. The van der Waals surface area contributed by atoms with E-state index < -0.39 is 0 Å². The monoisotopic (exact) mass is 148 g/mol. The van der Waals surface area contributed by atoms with Crippen LogP contribution in [0.4, 0.5) is 0 Å². The second-order valence-corrected chi connectivity index (χ2v) is 2.29. The summed E-state index contributed by atoms with van der Waals surface area (Å²) in [7, 11) is 0. The topological polar surface area (TPSA) is 17.8 Å². The van der Waals surface area contributed by atoms with Crippen LogP contribution in [-0.4, -0.2) is 9.19 Å². The molecule has 2 nitrogen and oxygen atoms in total. The van der Waals surface area contributed by atoms with Crippen molar-refractivity contribution in [2.75, 3.05) is 0 Å². The van der Waals surface area contributed by atoms with Gasteiger partial charge in [-0.1, -0.05) is 11.6 Å². The fraction of sp³-hybridized carbons (Fsp3) is 0.250. The Labute approximate surface area is 58.0 Å². The lowest BCUT2D eigenvalue weighted by Crippen LogP contribution is -1.75. The molecule has 0 aliphatic rings. The van der Waals surface area contributed by atoms with E-state index in [0.717, 1.165) is 5.56 Å². The highest BCUT2D eigenvalue weighted by Gasteiger charge is 1.96. The Bertz CT molecular complexity index is 176. The zero-order chi connectivity index (χ0) is 6.15. The van der Waals surface area contributed by atoms with E-state index in [9.17, 15) is 0 Å². The fourth-order valence-corrected chi connectivity index (χ4v) is 0.870. The van der Waals surface area contributed by atoms with Crippen LogP contribution in [-0.2, 0) is 0 Å². The second kappa shape index (κ2) is 1.99. The van der Waals surface area contributed by atoms with Crippen LogP contribution in [0.5, 0.6) is 0 Å². The third-order valence-corrected chi connectivity index (χ3v) is 1.40. The molecule has 0 saturated heterocycles. The molecular weight excluding hydrogens is 144 g/mol. The van der Waals surface area contributed by atoms with Gasteiger partial charge in [-0.3, -0.25) is 0 Å². The lowest BCUT2D eigenvalue weighted by molar-refractivity contribution is 1.02. The number of hydrogen-bond donors (Lipinski definition) is 1. The summed E-state index contributed by atoms with van der Waals surface area (Å²) in [6, 6.07) is 0. The zero-order valence-corrected chi connectivity index (χ0v) is 5.95. The summed E-state index contributed by atoms with van der Waals surface area (Å²) in [5.41, 5.74) is 0.946. The molecule has 0 spiro atoms. The standard InChI is InChI=1S/C4H5ClN2S/c1-3-2-7(8)6-4(3)5/h2,8H,1H3. The Kier molecular flexibility index (Phi) is 1.49. The zero-order valence-electron chi connectivity index (χ0n) is 4.30. The molecule has 0 aliphatic carbocycles. The highest BCUT2D eigenvalue weighted by Crippen LogP contribution is 2.10. The molecule has 0 aliphatic heterocycles. The number of rotatable bonds is 0. The summed E-state index contributed by atoms with van der Waals surface area (Å²) in [5.74, 6) is 0. The molecular formula is C4H5ClN2S. The number of hydrogen-bond acceptors (Lipinski definition) is 2. The highest BCUT2D eigenvalue weighted by molar-refractivity contribution is 7.78. The van der Waals surface area contributed by atoms with Crippen molar-refractivity contribution in [1.29, 1.82) is 0 Å². The largest absolute Gasteiger partial charge is 0.215 e. The minimum Gasteiger partial charge on any atom is -0.215 e. The maximum absolute atomic E-state index is 5.55. The minimum atomic E-state index is 0.514. The van der Waals surface area contributed by atoms with E-state index in [1.54, 1.807) is 6.20 Å². The van der Waals surface area contributed by atoms with Crippen molar-refractivity contribution in [3.05, 3.63) is 16.9 Å². The summed E-state index contributed by atoms with van der Waals surface area (Å²) in [6.45, 7) is 1.88. The molecule has 1 heterocycles. The van der Waals surface area contributed by atoms with Crippen LogP contribution in [0.15, 0.2) is 6.20 Å². The molecule has 8 heavy (non-hydrogen) atoms. The highest BCUT2D eigenvalue weighted by atomic mass is 35.5. The summed E-state index contributed by atoms with van der Waals surface area (Å²) in [4.78, 5) is 0. The van der Waals surface area contributed by atoms with Crippen molar-refractivity contribution in [1.82, 2.24) is 9.19 Å². The predicted octanol–water partition coefficient (Wildman–Crippen LogP) is 1.54. The van der Waals surface area contributed by atoms with Crippen LogP contribution in [0.1, 0.15) is 5.56 Å². The number of aryl methyl sites for hydroxylation is 1. The second-order valence-electron chi connectivity index (χ2n) is 1.52. The number of thiol groups is 1. The summed E-state index contributed by atoms with van der Waals surface area (Å²) in [6.07, 6.45) is 1.74. The van der Waals surface area contributed by atoms with Gasteiger partial charge in [-0.05, 0) is 19.7 Å². The summed E-state index contributed by atoms with van der Waals surface area (Å²) in [5, 5.41) is 4.27. The number of aromatic nitrogens is 2. The van der Waals surface area contributed by atoms with Crippen molar-refractivity contribution in [3.8, 4) is 0 Å². The van der Waals surface area contributed by atoms with Crippen LogP contribution in [0.25, 0.3) is 0 Å². The van der Waals surface area contributed by atoms with Gasteiger partial charge in [-0.2, -0.15) is 0 Å². The Hall–Kier alpha value is -0.150. The van der Waals surface area contributed by atoms with Crippen LogP contribution in [0.2, 0.25) is 5.15 Å². The molecule has 0 aromatic carbocycles. The molecule has 0 fully saturated rings. The fourth-order valence-electron chi connectivity index (χ4n) is 0.424. The van der Waals surface area contributed by atoms with E-state index in [2.05, 4.69) is 17.9 Å². The Morgan fingerprint density at radius 2 is 2.50 bits per heavy atom. The quantitative estimate of drug-likeness (QED) is 0.553. The molecule has 1 aromatic heterocycles. The van der Waals surface area contributed by atoms with Crippen LogP contribution < -0.4 is 0 Å². The molecule has 44 valence electrons. The third-order valence-electron chi connectivity index (χ3n) is 0.825. The van der Waals surface area contributed by atoms with Gasteiger partial charge in [-0.25, -0.2) is 4.09 Å². The Morgan fingerprint density at radius 3 is 2.62 bits per heavy atom. The molecule has 0 amide bonds. The van der Waals surface area contributed by atoms with Crippen molar-refractivity contribution in [3.63, 3.8) is 0 Å². The van der Waals surface area contributed by atoms with Gasteiger partial charge in [0.25, 0.3) is 0 Å². The van der Waals surface area contributed by atoms with Gasteiger partial charge in [-0.15, -0.1) is 5.10 Å². The van der Waals surface area contributed by atoms with Crippen LogP contribution in [0, 0.1) is 6.92 Å². The smallest absolute Gasteiger partial charge is 0.155 e. The van der Waals surface area contributed by atoms with Gasteiger partial charge in [0.15, 0.2) is 5.15 Å². The average Bonchev–Trinajstić information content (AvgIpc) is 1.85. The predicted molar refractivity (Wildman–Crippen MR) is 36.4 cm³/mol. The molecule has 1 aromatic rings. The first-order chi connectivity index (χ1) is 3.70. The van der Waals surface area contributed by atoms with E-state index in [-0.39, 0.29) is 0 Å². The average molecular weight is 149 g/mol. The Balaban J connectivity index is 3.14. The lowest BCUT2D eigenvalue weighted by atomic mass is 10.4. The first-order valence-electron chi connectivity index (χ1n) is 2.11. The first kappa shape index (κ1) is 5.98. The van der Waals surface area contributed by atoms with Gasteiger partial charge in [0, 0.05) is 11.8 Å². The minimum absolute atomic E-state index is 0.514. The molecule has 1 rings (SSSR count). The maximum atomic E-state index is 5.55. The molecule has 0 bridgehead atoms. The van der Waals surface area contributed by atoms with Gasteiger partial charge in [0.1, 0.15) is 0 Å². The molecule has 0 unspecified atom stereocenters. The van der Waals surface area contributed by atoms with Gasteiger partial charge < -0.3 is 0 Å². The first-order valence-corrected chi connectivity index (χ1v) is 2.89. The van der Waals surface area contributed by atoms with Gasteiger partial charge in [0.2, 0.25) is 0 Å². The van der Waals surface area contributed by atoms with E-state index in [1.807, 2.05) is 6.92 Å². The normalized spacial score (nSPS) is 9.88. The summed E-state index contributed by atoms with van der Waals surface area (Å²) >= 11 is 9.44. The summed E-state index contributed by atoms with van der Waals surface area (Å²) < 4.78 is 1.39. The van der Waals surface area contributed by atoms with E-state index in [4.69, 9.17) is 11.6 Å². The third kappa shape index (κ3) is 0.980. The van der Waals surface area contributed by atoms with Gasteiger partial charge >= 0.3 is 0 Å². The molecule has 0 radical (unpaired) electrons. The molecule has 0 atom stereocenters. The Morgan fingerprint density at radius 1 is 1.88 bits per heavy atom. The van der Waals surface area contributed by atoms with E-state index in [1.165, 1.54) is 4.09 Å². The van der Waals surface area contributed by atoms with Gasteiger partial charge in [0.05, 0.1) is 0 Å². The van der Waals surface area contributed by atoms with E-state index in [0.29, 0.717) is 5.15 Å². The van der Waals surface area contributed by atoms with E-state index >= 15 is 0 Å². The molecule has 4 heteroatoms. The van der Waals surface area contributed by atoms with Crippen molar-refractivity contribution >= 4 is 24.4 Å². The van der Waals surface area contributed by atoms with Crippen molar-refractivity contribution in [2.45, 2.75) is 6.92 Å². The number of nitrogens with zero attached hydrogens (tertiary/aromatic N) is 2. The van der Waals surface area contributed by atoms with Crippen LogP contribution >= 0.6 is 24.4 Å². The lowest BCUT2D eigenvalue weighted by Gasteiger charge is -1.76. The molecule has 0 saturated carbocycles. The maximum Gasteiger partial charge on any atom is 0.155 e. The molecule has 0 N–H and O–H groups in total.